The molecule has 202 valence electrons. The van der Waals surface area contributed by atoms with E-state index in [9.17, 15) is 18.0 Å². The van der Waals surface area contributed by atoms with E-state index in [0.29, 0.717) is 22.7 Å². The van der Waals surface area contributed by atoms with Crippen molar-refractivity contribution in [2.75, 3.05) is 10.8 Å². The zero-order chi connectivity index (χ0) is 28.3. The van der Waals surface area contributed by atoms with Crippen LogP contribution in [0.4, 0.5) is 24.8 Å². The Balaban J connectivity index is 1.35. The van der Waals surface area contributed by atoms with Crippen molar-refractivity contribution in [3.05, 3.63) is 108 Å². The summed E-state index contributed by atoms with van der Waals surface area (Å²) in [5, 5.41) is 2.55. The van der Waals surface area contributed by atoms with Crippen molar-refractivity contribution in [1.29, 1.82) is 0 Å². The molecular formula is C28H22F3N7O2. The van der Waals surface area contributed by atoms with Crippen molar-refractivity contribution in [2.24, 2.45) is 0 Å². The van der Waals surface area contributed by atoms with Crippen LogP contribution in [0.2, 0.25) is 0 Å². The number of aromatic nitrogens is 5. The Kier molecular flexibility index (Phi) is 7.15. The minimum Gasteiger partial charge on any atom is -0.379 e. The Hall–Kier alpha value is -5.26. The van der Waals surface area contributed by atoms with Gasteiger partial charge in [-0.25, -0.2) is 15.0 Å². The van der Waals surface area contributed by atoms with Crippen molar-refractivity contribution in [3.63, 3.8) is 0 Å². The lowest BCUT2D eigenvalue weighted by atomic mass is 10.1. The molecule has 9 nitrogen and oxygen atoms in total. The number of carbonyl (C=O) groups is 1. The van der Waals surface area contributed by atoms with Gasteiger partial charge in [-0.1, -0.05) is 6.07 Å². The number of imidazole rings is 1. The first-order chi connectivity index (χ1) is 19.2. The third kappa shape index (κ3) is 6.07. The molecule has 0 aliphatic heterocycles. The zero-order valence-electron chi connectivity index (χ0n) is 21.3. The maximum Gasteiger partial charge on any atom is 0.416 e. The fraction of sp³-hybridized carbons (Fsp3) is 0.107. The topological polar surface area (TPSA) is 107 Å². The van der Waals surface area contributed by atoms with Crippen molar-refractivity contribution < 1.29 is 22.8 Å². The number of hydrogen-bond donors (Lipinski definition) is 2. The molecule has 0 spiro atoms. The van der Waals surface area contributed by atoms with Crippen LogP contribution in [0.25, 0.3) is 16.9 Å². The average Bonchev–Trinajstić information content (AvgIpc) is 3.39. The van der Waals surface area contributed by atoms with Crippen molar-refractivity contribution in [1.82, 2.24) is 24.5 Å². The first kappa shape index (κ1) is 26.4. The van der Waals surface area contributed by atoms with Crippen molar-refractivity contribution in [3.8, 4) is 22.7 Å². The summed E-state index contributed by atoms with van der Waals surface area (Å²) in [6.07, 6.45) is 3.27. The van der Waals surface area contributed by atoms with E-state index in [-0.39, 0.29) is 22.9 Å². The van der Waals surface area contributed by atoms with Gasteiger partial charge in [0.05, 0.1) is 23.3 Å². The second-order valence-corrected chi connectivity index (χ2v) is 8.83. The lowest BCUT2D eigenvalue weighted by Gasteiger charge is -2.14. The van der Waals surface area contributed by atoms with Gasteiger partial charge in [-0.2, -0.15) is 18.7 Å². The molecule has 2 N–H and O–H groups in total. The molecule has 5 aromatic rings. The number of rotatable bonds is 7. The van der Waals surface area contributed by atoms with Crippen LogP contribution in [0.3, 0.4) is 0 Å². The van der Waals surface area contributed by atoms with Gasteiger partial charge in [0.15, 0.2) is 5.75 Å². The van der Waals surface area contributed by atoms with E-state index >= 15 is 0 Å². The van der Waals surface area contributed by atoms with Gasteiger partial charge in [0.2, 0.25) is 0 Å². The fourth-order valence-electron chi connectivity index (χ4n) is 3.80. The maximum absolute atomic E-state index is 13.6. The third-order valence-electron chi connectivity index (χ3n) is 5.83. The first-order valence-corrected chi connectivity index (χ1v) is 12.0. The van der Waals surface area contributed by atoms with E-state index in [2.05, 4.69) is 30.7 Å². The van der Waals surface area contributed by atoms with E-state index in [1.807, 2.05) is 6.07 Å². The highest BCUT2D eigenvalue weighted by atomic mass is 19.4. The number of hydrogen-bond acceptors (Lipinski definition) is 7. The van der Waals surface area contributed by atoms with Gasteiger partial charge in [0.25, 0.3) is 11.9 Å². The van der Waals surface area contributed by atoms with Crippen molar-refractivity contribution in [2.45, 2.75) is 20.0 Å². The summed E-state index contributed by atoms with van der Waals surface area (Å²) >= 11 is 0. The standard InChI is InChI=1S/C28H22F3N7O2/c1-17-5-6-19(10-25(17)40-37-27-33-9-7-24(36-27)20-4-3-8-32-14-20)26(39)35-22-11-21(28(29,30)31)12-23(13-22)38-15-18(2)34-16-38/h3-16H,1-2H3,(H,35,39)(H,33,36,37). The minimum absolute atomic E-state index is 0.0250. The van der Waals surface area contributed by atoms with Crippen LogP contribution in [-0.2, 0) is 6.18 Å². The molecule has 1 amide bonds. The molecule has 40 heavy (non-hydrogen) atoms. The number of alkyl halides is 3. The number of benzene rings is 2. The summed E-state index contributed by atoms with van der Waals surface area (Å²) in [7, 11) is 0. The summed E-state index contributed by atoms with van der Waals surface area (Å²) in [6.45, 7) is 3.50. The predicted molar refractivity (Wildman–Crippen MR) is 142 cm³/mol. The van der Waals surface area contributed by atoms with Crippen LogP contribution in [-0.4, -0.2) is 30.4 Å². The molecule has 0 radical (unpaired) electrons. The molecule has 12 heteroatoms. The number of halogens is 3. The van der Waals surface area contributed by atoms with Gasteiger partial charge < -0.3 is 14.7 Å². The second kappa shape index (κ2) is 10.8. The second-order valence-electron chi connectivity index (χ2n) is 8.83. The molecule has 3 heterocycles. The molecule has 0 aliphatic rings. The Bertz CT molecular complexity index is 1670. The van der Waals surface area contributed by atoms with E-state index in [1.54, 1.807) is 62.9 Å². The van der Waals surface area contributed by atoms with Crippen LogP contribution in [0.15, 0.2) is 85.7 Å². The predicted octanol–water partition coefficient (Wildman–Crippen LogP) is 6.02. The summed E-state index contributed by atoms with van der Waals surface area (Å²) in [5.41, 5.74) is 4.88. The van der Waals surface area contributed by atoms with Gasteiger partial charge in [0.1, 0.15) is 0 Å². The molecular weight excluding hydrogens is 523 g/mol. The number of nitrogens with zero attached hydrogens (tertiary/aromatic N) is 5. The number of aryl methyl sites for hydroxylation is 2. The van der Waals surface area contributed by atoms with Crippen LogP contribution < -0.4 is 15.6 Å². The fourth-order valence-corrected chi connectivity index (χ4v) is 3.80. The first-order valence-electron chi connectivity index (χ1n) is 12.0. The molecule has 0 bridgehead atoms. The smallest absolute Gasteiger partial charge is 0.379 e. The maximum atomic E-state index is 13.6. The summed E-state index contributed by atoms with van der Waals surface area (Å²) in [6, 6.07) is 13.4. The van der Waals surface area contributed by atoms with Crippen LogP contribution in [0, 0.1) is 13.8 Å². The molecule has 0 fully saturated rings. The zero-order valence-corrected chi connectivity index (χ0v) is 21.3. The highest BCUT2D eigenvalue weighted by molar-refractivity contribution is 6.04. The Morgan fingerprint density at radius 2 is 1.85 bits per heavy atom. The highest BCUT2D eigenvalue weighted by Gasteiger charge is 2.31. The lowest BCUT2D eigenvalue weighted by molar-refractivity contribution is -0.137. The summed E-state index contributed by atoms with van der Waals surface area (Å²) in [5.74, 6) is -0.129. The largest absolute Gasteiger partial charge is 0.416 e. The van der Waals surface area contributed by atoms with Gasteiger partial charge >= 0.3 is 6.18 Å². The number of anilines is 2. The molecule has 3 aromatic heterocycles. The summed E-state index contributed by atoms with van der Waals surface area (Å²) < 4.78 is 42.2. The molecule has 2 aromatic carbocycles. The number of amides is 1. The van der Waals surface area contributed by atoms with Gasteiger partial charge in [-0.3, -0.25) is 9.78 Å². The monoisotopic (exact) mass is 545 g/mol. The Labute approximate surface area is 226 Å². The van der Waals surface area contributed by atoms with Crippen LogP contribution in [0.1, 0.15) is 27.2 Å². The van der Waals surface area contributed by atoms with E-state index in [0.717, 1.165) is 17.7 Å². The highest BCUT2D eigenvalue weighted by Crippen LogP contribution is 2.33. The molecule has 0 saturated carbocycles. The molecule has 0 atom stereocenters. The molecule has 0 unspecified atom stereocenters. The Morgan fingerprint density at radius 1 is 1.00 bits per heavy atom. The van der Waals surface area contributed by atoms with Gasteiger partial charge in [0, 0.05) is 47.3 Å². The minimum atomic E-state index is -4.61. The molecule has 0 saturated heterocycles. The Morgan fingerprint density at radius 3 is 2.58 bits per heavy atom. The van der Waals surface area contributed by atoms with E-state index < -0.39 is 17.6 Å². The molecule has 0 aliphatic carbocycles. The molecule has 5 rings (SSSR count). The van der Waals surface area contributed by atoms with Gasteiger partial charge in [-0.15, -0.1) is 0 Å². The number of carbonyl (C=O) groups excluding carboxylic acids is 1. The van der Waals surface area contributed by atoms with Crippen LogP contribution >= 0.6 is 0 Å². The average molecular weight is 546 g/mol. The third-order valence-corrected chi connectivity index (χ3v) is 5.83. The van der Waals surface area contributed by atoms with Crippen LogP contribution in [0.5, 0.6) is 5.75 Å². The van der Waals surface area contributed by atoms with E-state index in [4.69, 9.17) is 4.84 Å². The SMILES string of the molecule is Cc1cn(-c2cc(NC(=O)c3ccc(C)c(ONc4nccc(-c5cccnc5)n4)c3)cc(C(F)(F)F)c2)cn1. The van der Waals surface area contributed by atoms with E-state index in [1.165, 1.54) is 23.0 Å². The van der Waals surface area contributed by atoms with Gasteiger partial charge in [-0.05, 0) is 67.9 Å². The lowest BCUT2D eigenvalue weighted by Crippen LogP contribution is -2.15. The number of nitrogens with one attached hydrogen (secondary N) is 2. The quantitative estimate of drug-likeness (QED) is 0.241. The normalized spacial score (nSPS) is 11.2. The summed E-state index contributed by atoms with van der Waals surface area (Å²) in [4.78, 5) is 35.4. The number of pyridine rings is 1. The van der Waals surface area contributed by atoms with Crippen molar-refractivity contribution >= 4 is 17.5 Å².